The Hall–Kier alpha value is -0.340. The Labute approximate surface area is 85.6 Å². The second-order valence-corrected chi connectivity index (χ2v) is 4.82. The lowest BCUT2D eigenvalue weighted by Crippen LogP contribution is -2.20. The van der Waals surface area contributed by atoms with Crippen LogP contribution in [0.25, 0.3) is 0 Å². The summed E-state index contributed by atoms with van der Waals surface area (Å²) >= 11 is 0. The molecule has 0 bridgehead atoms. The van der Waals surface area contributed by atoms with Crippen LogP contribution in [0.4, 0.5) is 0 Å². The quantitative estimate of drug-likeness (QED) is 0.673. The second-order valence-electron chi connectivity index (χ2n) is 4.82. The van der Waals surface area contributed by atoms with Crippen LogP contribution in [0.3, 0.4) is 0 Å². The van der Waals surface area contributed by atoms with E-state index in [1.54, 1.807) is 0 Å². The summed E-state index contributed by atoms with van der Waals surface area (Å²) in [5.41, 5.74) is 0. The lowest BCUT2D eigenvalue weighted by molar-refractivity contribution is 0.106. The van der Waals surface area contributed by atoms with Gasteiger partial charge in [0.2, 0.25) is 0 Å². The molecule has 2 heteroatoms. The highest BCUT2D eigenvalue weighted by molar-refractivity contribution is 4.99. The minimum absolute atomic E-state index is 0.126. The minimum atomic E-state index is 0.126. The molecule has 80 valence electrons. The minimum Gasteiger partial charge on any atom is -0.396 e. The number of aliphatic hydroxyl groups is 2. The van der Waals surface area contributed by atoms with Crippen molar-refractivity contribution in [1.82, 2.24) is 0 Å². The average molecular weight is 196 g/mol. The highest BCUT2D eigenvalue weighted by Crippen LogP contribution is 2.45. The first kappa shape index (κ1) is 10.2. The van der Waals surface area contributed by atoms with E-state index in [0.29, 0.717) is 5.92 Å². The highest BCUT2D eigenvalue weighted by atomic mass is 16.3. The molecule has 0 spiro atoms. The molecule has 0 aromatic carbocycles. The van der Waals surface area contributed by atoms with Gasteiger partial charge in [-0.3, -0.25) is 0 Å². The first-order chi connectivity index (χ1) is 6.85. The van der Waals surface area contributed by atoms with Gasteiger partial charge < -0.3 is 10.2 Å². The molecule has 2 rings (SSSR count). The Balaban J connectivity index is 1.94. The standard InChI is InChI=1S/C12H20O2/c13-7-12(8-14)11-5-9-3-1-2-4-10(9)6-11/h1-2,9-14H,3-8H2. The number of fused-ring (bicyclic) bond motifs is 1. The van der Waals surface area contributed by atoms with Crippen LogP contribution < -0.4 is 0 Å². The van der Waals surface area contributed by atoms with Gasteiger partial charge in [-0.15, -0.1) is 0 Å². The van der Waals surface area contributed by atoms with Crippen LogP contribution >= 0.6 is 0 Å². The molecule has 0 amide bonds. The van der Waals surface area contributed by atoms with Crippen molar-refractivity contribution < 1.29 is 10.2 Å². The van der Waals surface area contributed by atoms with Crippen molar-refractivity contribution in [3.8, 4) is 0 Å². The Morgan fingerprint density at radius 3 is 1.93 bits per heavy atom. The van der Waals surface area contributed by atoms with Gasteiger partial charge in [-0.2, -0.15) is 0 Å². The zero-order chi connectivity index (χ0) is 9.97. The molecule has 2 nitrogen and oxygen atoms in total. The van der Waals surface area contributed by atoms with Gasteiger partial charge in [-0.25, -0.2) is 0 Å². The van der Waals surface area contributed by atoms with E-state index in [2.05, 4.69) is 12.2 Å². The largest absolute Gasteiger partial charge is 0.396 e. The lowest BCUT2D eigenvalue weighted by atomic mass is 9.86. The van der Waals surface area contributed by atoms with Crippen molar-refractivity contribution in [2.45, 2.75) is 25.7 Å². The van der Waals surface area contributed by atoms with Crippen LogP contribution in [0, 0.1) is 23.7 Å². The van der Waals surface area contributed by atoms with Crippen molar-refractivity contribution in [1.29, 1.82) is 0 Å². The van der Waals surface area contributed by atoms with Crippen LogP contribution in [0.5, 0.6) is 0 Å². The molecule has 0 aromatic rings. The van der Waals surface area contributed by atoms with Gasteiger partial charge in [-0.05, 0) is 43.4 Å². The molecule has 0 aromatic heterocycles. The topological polar surface area (TPSA) is 40.5 Å². The van der Waals surface area contributed by atoms with E-state index in [-0.39, 0.29) is 19.1 Å². The Morgan fingerprint density at radius 2 is 1.50 bits per heavy atom. The maximum Gasteiger partial charge on any atom is 0.0483 e. The van der Waals surface area contributed by atoms with Gasteiger partial charge in [0.15, 0.2) is 0 Å². The van der Waals surface area contributed by atoms with Crippen LogP contribution in [0.15, 0.2) is 12.2 Å². The normalized spacial score (nSPS) is 36.4. The first-order valence-electron chi connectivity index (χ1n) is 5.71. The summed E-state index contributed by atoms with van der Waals surface area (Å²) in [4.78, 5) is 0. The molecule has 0 saturated heterocycles. The van der Waals surface area contributed by atoms with Crippen LogP contribution in [-0.2, 0) is 0 Å². The van der Waals surface area contributed by atoms with Gasteiger partial charge in [0.1, 0.15) is 0 Å². The van der Waals surface area contributed by atoms with Crippen molar-refractivity contribution in [2.24, 2.45) is 23.7 Å². The van der Waals surface area contributed by atoms with Crippen LogP contribution in [0.1, 0.15) is 25.7 Å². The number of rotatable bonds is 3. The van der Waals surface area contributed by atoms with Gasteiger partial charge in [-0.1, -0.05) is 12.2 Å². The van der Waals surface area contributed by atoms with E-state index >= 15 is 0 Å². The first-order valence-corrected chi connectivity index (χ1v) is 5.71. The molecule has 0 heterocycles. The summed E-state index contributed by atoms with van der Waals surface area (Å²) in [5.74, 6) is 2.33. The summed E-state index contributed by atoms with van der Waals surface area (Å²) in [7, 11) is 0. The van der Waals surface area contributed by atoms with Crippen molar-refractivity contribution in [3.05, 3.63) is 12.2 Å². The predicted molar refractivity (Wildman–Crippen MR) is 55.7 cm³/mol. The summed E-state index contributed by atoms with van der Waals surface area (Å²) < 4.78 is 0. The second kappa shape index (κ2) is 4.45. The van der Waals surface area contributed by atoms with Gasteiger partial charge in [0.25, 0.3) is 0 Å². The summed E-state index contributed by atoms with van der Waals surface area (Å²) in [6.45, 7) is 0.294. The maximum atomic E-state index is 9.14. The van der Waals surface area contributed by atoms with E-state index in [0.717, 1.165) is 11.8 Å². The monoisotopic (exact) mass is 196 g/mol. The molecule has 2 atom stereocenters. The fraction of sp³-hybridized carbons (Fsp3) is 0.833. The molecule has 14 heavy (non-hydrogen) atoms. The van der Waals surface area contributed by atoms with E-state index in [1.165, 1.54) is 25.7 Å². The lowest BCUT2D eigenvalue weighted by Gasteiger charge is -2.19. The third-order valence-corrected chi connectivity index (χ3v) is 4.06. The van der Waals surface area contributed by atoms with Crippen LogP contribution in [-0.4, -0.2) is 23.4 Å². The smallest absolute Gasteiger partial charge is 0.0483 e. The summed E-state index contributed by atoms with van der Waals surface area (Å²) in [6, 6.07) is 0. The van der Waals surface area contributed by atoms with Gasteiger partial charge >= 0.3 is 0 Å². The van der Waals surface area contributed by atoms with Crippen molar-refractivity contribution in [2.75, 3.05) is 13.2 Å². The molecule has 1 fully saturated rings. The fourth-order valence-corrected chi connectivity index (χ4v) is 3.12. The van der Waals surface area contributed by atoms with Crippen molar-refractivity contribution >= 4 is 0 Å². The highest BCUT2D eigenvalue weighted by Gasteiger charge is 2.37. The molecule has 2 unspecified atom stereocenters. The molecular formula is C12H20O2. The molecule has 1 saturated carbocycles. The van der Waals surface area contributed by atoms with E-state index < -0.39 is 0 Å². The van der Waals surface area contributed by atoms with Gasteiger partial charge in [0.05, 0.1) is 0 Å². The SMILES string of the molecule is OCC(CO)C1CC2CC=CCC2C1. The maximum absolute atomic E-state index is 9.14. The third kappa shape index (κ3) is 1.86. The fourth-order valence-electron chi connectivity index (χ4n) is 3.12. The summed E-state index contributed by atoms with van der Waals surface area (Å²) in [6.07, 6.45) is 9.42. The predicted octanol–water partition coefficient (Wildman–Crippen LogP) is 1.58. The van der Waals surface area contributed by atoms with E-state index in [9.17, 15) is 0 Å². The van der Waals surface area contributed by atoms with E-state index in [4.69, 9.17) is 10.2 Å². The Morgan fingerprint density at radius 1 is 1.00 bits per heavy atom. The molecule has 0 aliphatic heterocycles. The van der Waals surface area contributed by atoms with Crippen LogP contribution in [0.2, 0.25) is 0 Å². The molecule has 2 aliphatic rings. The zero-order valence-electron chi connectivity index (χ0n) is 8.60. The zero-order valence-corrected chi connectivity index (χ0v) is 8.60. The molecule has 2 N–H and O–H groups in total. The Kier molecular flexibility index (Phi) is 3.24. The van der Waals surface area contributed by atoms with E-state index in [1.807, 2.05) is 0 Å². The van der Waals surface area contributed by atoms with Gasteiger partial charge in [0, 0.05) is 19.1 Å². The third-order valence-electron chi connectivity index (χ3n) is 4.06. The number of hydrogen-bond acceptors (Lipinski definition) is 2. The average Bonchev–Trinajstić information content (AvgIpc) is 2.63. The molecular weight excluding hydrogens is 176 g/mol. The Bertz CT molecular complexity index is 192. The van der Waals surface area contributed by atoms with Crippen molar-refractivity contribution in [3.63, 3.8) is 0 Å². The number of allylic oxidation sites excluding steroid dienone is 2. The number of aliphatic hydroxyl groups excluding tert-OH is 2. The molecule has 2 aliphatic carbocycles. The summed E-state index contributed by atoms with van der Waals surface area (Å²) in [5, 5.41) is 18.3. The molecule has 0 radical (unpaired) electrons. The number of hydrogen-bond donors (Lipinski definition) is 2.